The highest BCUT2D eigenvalue weighted by Gasteiger charge is 2.17. The Hall–Kier alpha value is -3.24. The van der Waals surface area contributed by atoms with E-state index >= 15 is 0 Å². The molecular weight excluding hydrogens is 469 g/mol. The number of nitrogens with one attached hydrogen (secondary N) is 2. The minimum absolute atomic E-state index is 0.0477. The summed E-state index contributed by atoms with van der Waals surface area (Å²) in [5, 5.41) is 2.25. The van der Waals surface area contributed by atoms with Gasteiger partial charge in [-0.1, -0.05) is 29.8 Å². The Bertz CT molecular complexity index is 1220. The van der Waals surface area contributed by atoms with Crippen molar-refractivity contribution in [3.05, 3.63) is 88.7 Å². The van der Waals surface area contributed by atoms with Crippen molar-refractivity contribution < 1.29 is 31.1 Å². The van der Waals surface area contributed by atoms with Gasteiger partial charge >= 0.3 is 6.61 Å². The highest BCUT2D eigenvalue weighted by Crippen LogP contribution is 2.23. The van der Waals surface area contributed by atoms with Gasteiger partial charge in [0.1, 0.15) is 11.6 Å². The summed E-state index contributed by atoms with van der Waals surface area (Å²) in [6.07, 6.45) is 0. The monoisotopic (exact) mass is 484 g/mol. The minimum Gasteiger partial charge on any atom is -0.434 e. The molecule has 0 fully saturated rings. The highest BCUT2D eigenvalue weighted by molar-refractivity contribution is 7.92. The van der Waals surface area contributed by atoms with E-state index in [2.05, 4.69) is 14.8 Å². The Labute approximate surface area is 187 Å². The van der Waals surface area contributed by atoms with Crippen molar-refractivity contribution in [3.63, 3.8) is 0 Å². The van der Waals surface area contributed by atoms with Gasteiger partial charge in [-0.3, -0.25) is 9.52 Å². The quantitative estimate of drug-likeness (QED) is 0.480. The molecule has 0 aromatic heterocycles. The first-order valence-corrected chi connectivity index (χ1v) is 10.9. The Kier molecular flexibility index (Phi) is 7.26. The molecule has 6 nitrogen and oxygen atoms in total. The van der Waals surface area contributed by atoms with Crippen molar-refractivity contribution in [1.29, 1.82) is 0 Å². The summed E-state index contributed by atoms with van der Waals surface area (Å²) in [7, 11) is -4.02. The predicted octanol–water partition coefficient (Wildman–Crippen LogP) is 4.81. The summed E-state index contributed by atoms with van der Waals surface area (Å²) in [6, 6.07) is 14.5. The first-order chi connectivity index (χ1) is 15.2. The smallest absolute Gasteiger partial charge is 0.387 e. The zero-order valence-corrected chi connectivity index (χ0v) is 17.8. The van der Waals surface area contributed by atoms with Gasteiger partial charge in [-0.25, -0.2) is 12.8 Å². The molecule has 2 N–H and O–H groups in total. The van der Waals surface area contributed by atoms with E-state index in [-0.39, 0.29) is 33.5 Å². The zero-order chi connectivity index (χ0) is 23.3. The number of hydrogen-bond donors (Lipinski definition) is 2. The summed E-state index contributed by atoms with van der Waals surface area (Å²) in [6.45, 7) is -3.05. The van der Waals surface area contributed by atoms with E-state index < -0.39 is 28.4 Å². The largest absolute Gasteiger partial charge is 0.434 e. The molecule has 0 spiro atoms. The van der Waals surface area contributed by atoms with Crippen LogP contribution in [0.4, 0.5) is 18.9 Å². The minimum atomic E-state index is -4.02. The number of ether oxygens (including phenoxy) is 1. The van der Waals surface area contributed by atoms with Gasteiger partial charge in [0, 0.05) is 23.4 Å². The predicted molar refractivity (Wildman–Crippen MR) is 113 cm³/mol. The third-order valence-corrected chi connectivity index (χ3v) is 5.90. The number of halogens is 4. The first kappa shape index (κ1) is 23.4. The lowest BCUT2D eigenvalue weighted by Gasteiger charge is -2.12. The third kappa shape index (κ3) is 5.92. The van der Waals surface area contributed by atoms with Crippen LogP contribution in [-0.4, -0.2) is 20.9 Å². The van der Waals surface area contributed by atoms with Crippen molar-refractivity contribution >= 4 is 33.2 Å². The summed E-state index contributed by atoms with van der Waals surface area (Å²) in [5.74, 6) is -1.30. The summed E-state index contributed by atoms with van der Waals surface area (Å²) in [4.78, 5) is 12.1. The number of carbonyl (C=O) groups excluding carboxylic acids is 1. The fourth-order valence-corrected chi connectivity index (χ4v) is 4.02. The second-order valence-electron chi connectivity index (χ2n) is 6.43. The van der Waals surface area contributed by atoms with Crippen LogP contribution in [0.3, 0.4) is 0 Å². The third-order valence-electron chi connectivity index (χ3n) is 4.23. The average Bonchev–Trinajstić information content (AvgIpc) is 2.74. The second-order valence-corrected chi connectivity index (χ2v) is 8.52. The van der Waals surface area contributed by atoms with E-state index in [1.807, 2.05) is 0 Å². The molecule has 0 aliphatic heterocycles. The Morgan fingerprint density at radius 2 is 1.72 bits per heavy atom. The lowest BCUT2D eigenvalue weighted by atomic mass is 10.1. The Morgan fingerprint density at radius 1 is 1.03 bits per heavy atom. The standard InChI is InChI=1S/C21H16ClF3N2O4S/c22-17-11-16(9-10-18(17)23)32(29,30)27-15-7-5-13(6-8-15)20(28)26-12-14-3-1-2-4-19(14)31-21(24)25/h1-11,21,27H,12H2,(H,26,28). The van der Waals surface area contributed by atoms with Crippen LogP contribution in [-0.2, 0) is 16.6 Å². The molecule has 0 saturated carbocycles. The van der Waals surface area contributed by atoms with Gasteiger partial charge in [0.2, 0.25) is 0 Å². The van der Waals surface area contributed by atoms with Crippen molar-refractivity contribution in [3.8, 4) is 5.75 Å². The summed E-state index contributed by atoms with van der Waals surface area (Å²) in [5.41, 5.74) is 0.742. The van der Waals surface area contributed by atoms with Crippen LogP contribution in [0.1, 0.15) is 15.9 Å². The van der Waals surface area contributed by atoms with Crippen LogP contribution in [0.15, 0.2) is 71.6 Å². The van der Waals surface area contributed by atoms with Gasteiger partial charge < -0.3 is 10.1 Å². The van der Waals surface area contributed by atoms with E-state index in [4.69, 9.17) is 11.6 Å². The molecule has 1 amide bonds. The van der Waals surface area contributed by atoms with E-state index in [0.29, 0.717) is 5.56 Å². The van der Waals surface area contributed by atoms with Crippen LogP contribution >= 0.6 is 11.6 Å². The molecule has 0 bridgehead atoms. The Morgan fingerprint density at radius 3 is 2.38 bits per heavy atom. The normalized spacial score (nSPS) is 11.3. The van der Waals surface area contributed by atoms with Crippen molar-refractivity contribution in [2.75, 3.05) is 4.72 Å². The van der Waals surface area contributed by atoms with Crippen molar-refractivity contribution in [2.24, 2.45) is 0 Å². The van der Waals surface area contributed by atoms with Gasteiger partial charge in [-0.15, -0.1) is 0 Å². The molecule has 0 unspecified atom stereocenters. The van der Waals surface area contributed by atoms with Crippen molar-refractivity contribution in [2.45, 2.75) is 18.1 Å². The molecule has 3 aromatic rings. The number of amides is 1. The van der Waals surface area contributed by atoms with Crippen LogP contribution in [0.5, 0.6) is 5.75 Å². The number of anilines is 1. The molecule has 3 aromatic carbocycles. The Balaban J connectivity index is 1.65. The second kappa shape index (κ2) is 9.92. The number of alkyl halides is 2. The van der Waals surface area contributed by atoms with Gasteiger partial charge in [0.05, 0.1) is 9.92 Å². The number of carbonyl (C=O) groups is 1. The first-order valence-electron chi connectivity index (χ1n) is 9.04. The maximum absolute atomic E-state index is 13.3. The number of sulfonamides is 1. The fraction of sp³-hybridized carbons (Fsp3) is 0.0952. The fourth-order valence-electron chi connectivity index (χ4n) is 2.69. The number of benzene rings is 3. The topological polar surface area (TPSA) is 84.5 Å². The van der Waals surface area contributed by atoms with Crippen LogP contribution in [0.2, 0.25) is 5.02 Å². The maximum Gasteiger partial charge on any atom is 0.387 e. The van der Waals surface area contributed by atoms with Gasteiger partial charge in [-0.05, 0) is 48.5 Å². The molecule has 0 aliphatic carbocycles. The lowest BCUT2D eigenvalue weighted by Crippen LogP contribution is -2.23. The molecule has 0 atom stereocenters. The van der Waals surface area contributed by atoms with Crippen LogP contribution in [0.25, 0.3) is 0 Å². The molecule has 0 heterocycles. The molecule has 0 radical (unpaired) electrons. The number of hydrogen-bond acceptors (Lipinski definition) is 4. The van der Waals surface area contributed by atoms with E-state index in [1.54, 1.807) is 6.07 Å². The van der Waals surface area contributed by atoms with Gasteiger partial charge in [-0.2, -0.15) is 8.78 Å². The molecule has 11 heteroatoms. The molecule has 32 heavy (non-hydrogen) atoms. The molecule has 0 aliphatic rings. The molecule has 0 saturated heterocycles. The van der Waals surface area contributed by atoms with Crippen LogP contribution < -0.4 is 14.8 Å². The average molecular weight is 485 g/mol. The van der Waals surface area contributed by atoms with E-state index in [0.717, 1.165) is 18.2 Å². The molecular formula is C21H16ClF3N2O4S. The van der Waals surface area contributed by atoms with Crippen molar-refractivity contribution in [1.82, 2.24) is 5.32 Å². The highest BCUT2D eigenvalue weighted by atomic mass is 35.5. The van der Waals surface area contributed by atoms with Gasteiger partial charge in [0.25, 0.3) is 15.9 Å². The van der Waals surface area contributed by atoms with Crippen LogP contribution in [0, 0.1) is 5.82 Å². The number of para-hydroxylation sites is 1. The number of rotatable bonds is 8. The van der Waals surface area contributed by atoms with E-state index in [1.165, 1.54) is 42.5 Å². The maximum atomic E-state index is 13.3. The zero-order valence-electron chi connectivity index (χ0n) is 16.2. The molecule has 168 valence electrons. The van der Waals surface area contributed by atoms with Gasteiger partial charge in [0.15, 0.2) is 0 Å². The summed E-state index contributed by atoms with van der Waals surface area (Å²) < 4.78 is 69.8. The van der Waals surface area contributed by atoms with E-state index in [9.17, 15) is 26.4 Å². The lowest BCUT2D eigenvalue weighted by molar-refractivity contribution is -0.0504. The summed E-state index contributed by atoms with van der Waals surface area (Å²) >= 11 is 5.63. The molecule has 3 rings (SSSR count). The SMILES string of the molecule is O=C(NCc1ccccc1OC(F)F)c1ccc(NS(=O)(=O)c2ccc(F)c(Cl)c2)cc1.